The highest BCUT2D eigenvalue weighted by molar-refractivity contribution is 7.14. The number of aryl methyl sites for hydroxylation is 1. The molecule has 1 aromatic carbocycles. The van der Waals surface area contributed by atoms with Gasteiger partial charge in [-0.25, -0.2) is 0 Å². The van der Waals surface area contributed by atoms with E-state index in [4.69, 9.17) is 0 Å². The van der Waals surface area contributed by atoms with E-state index in [-0.39, 0.29) is 10.1 Å². The number of phenols is 2. The Morgan fingerprint density at radius 1 is 1.50 bits per heavy atom. The van der Waals surface area contributed by atoms with E-state index in [0.717, 1.165) is 17.6 Å². The highest BCUT2D eigenvalue weighted by Gasteiger charge is 2.25. The molecule has 8 heteroatoms. The number of nitro benzene ring substituents is 1. The van der Waals surface area contributed by atoms with Crippen molar-refractivity contribution in [3.05, 3.63) is 26.5 Å². The molecule has 84 valence electrons. The molecule has 0 bridgehead atoms. The quantitative estimate of drug-likeness (QED) is 0.439. The summed E-state index contributed by atoms with van der Waals surface area (Å²) in [7, 11) is 1.45. The summed E-state index contributed by atoms with van der Waals surface area (Å²) in [6, 6.07) is 1.02. The molecule has 0 spiro atoms. The van der Waals surface area contributed by atoms with Crippen LogP contribution in [0.5, 0.6) is 11.5 Å². The van der Waals surface area contributed by atoms with Crippen molar-refractivity contribution in [2.24, 2.45) is 7.05 Å². The Labute approximate surface area is 92.1 Å². The molecule has 2 aromatic rings. The van der Waals surface area contributed by atoms with Crippen LogP contribution >= 0.6 is 11.5 Å². The fourth-order valence-corrected chi connectivity index (χ4v) is 2.35. The van der Waals surface area contributed by atoms with Crippen LogP contribution in [0, 0.1) is 10.1 Å². The maximum absolute atomic E-state index is 11.5. The Bertz CT molecular complexity index is 656. The topological polar surface area (TPSA) is 106 Å². The van der Waals surface area contributed by atoms with Gasteiger partial charge < -0.3 is 10.2 Å². The highest BCUT2D eigenvalue weighted by Crippen LogP contribution is 2.42. The fraction of sp³-hybridized carbons (Fsp3) is 0.125. The van der Waals surface area contributed by atoms with Gasteiger partial charge in [0, 0.05) is 7.05 Å². The summed E-state index contributed by atoms with van der Waals surface area (Å²) in [5.74, 6) is -1.49. The monoisotopic (exact) mass is 242 g/mol. The van der Waals surface area contributed by atoms with Crippen molar-refractivity contribution in [2.75, 3.05) is 0 Å². The molecule has 16 heavy (non-hydrogen) atoms. The lowest BCUT2D eigenvalue weighted by molar-refractivity contribution is -0.383. The van der Waals surface area contributed by atoms with E-state index >= 15 is 0 Å². The average molecular weight is 242 g/mol. The van der Waals surface area contributed by atoms with E-state index in [9.17, 15) is 25.1 Å². The normalized spacial score (nSPS) is 10.8. The van der Waals surface area contributed by atoms with Crippen LogP contribution in [0.1, 0.15) is 0 Å². The van der Waals surface area contributed by atoms with Crippen LogP contribution in [-0.2, 0) is 7.05 Å². The molecule has 1 heterocycles. The van der Waals surface area contributed by atoms with E-state index in [2.05, 4.69) is 0 Å². The van der Waals surface area contributed by atoms with Gasteiger partial charge in [-0.1, -0.05) is 0 Å². The second-order valence-corrected chi connectivity index (χ2v) is 4.26. The van der Waals surface area contributed by atoms with Crippen LogP contribution in [0.2, 0.25) is 0 Å². The van der Waals surface area contributed by atoms with Crippen molar-refractivity contribution >= 4 is 27.3 Å². The van der Waals surface area contributed by atoms with Crippen molar-refractivity contribution < 1.29 is 15.1 Å². The summed E-state index contributed by atoms with van der Waals surface area (Å²) < 4.78 is 1.24. The number of fused-ring (bicyclic) bond motifs is 1. The van der Waals surface area contributed by atoms with Crippen LogP contribution in [0.3, 0.4) is 0 Å². The standard InChI is InChI=1S/C8H6N2O5S/c1-9-8(13)3-2-4(11)6(12)5(10(14)15)7(3)16-9/h2,11-12H,1H3. The number of aromatic hydroxyl groups is 2. The lowest BCUT2D eigenvalue weighted by Gasteiger charge is -1.98. The molecule has 0 aliphatic carbocycles. The Kier molecular flexibility index (Phi) is 2.09. The lowest BCUT2D eigenvalue weighted by atomic mass is 10.2. The zero-order chi connectivity index (χ0) is 12.0. The van der Waals surface area contributed by atoms with Gasteiger partial charge in [-0.3, -0.25) is 18.9 Å². The lowest BCUT2D eigenvalue weighted by Crippen LogP contribution is -2.07. The molecule has 0 saturated carbocycles. The van der Waals surface area contributed by atoms with Crippen molar-refractivity contribution in [1.82, 2.24) is 3.96 Å². The number of aromatic nitrogens is 1. The molecule has 0 radical (unpaired) electrons. The summed E-state index contributed by atoms with van der Waals surface area (Å²) in [5, 5.41) is 29.4. The Morgan fingerprint density at radius 2 is 2.12 bits per heavy atom. The van der Waals surface area contributed by atoms with Crippen molar-refractivity contribution in [2.45, 2.75) is 0 Å². The van der Waals surface area contributed by atoms with E-state index in [1.165, 1.54) is 11.0 Å². The van der Waals surface area contributed by atoms with Crippen molar-refractivity contribution in [1.29, 1.82) is 0 Å². The largest absolute Gasteiger partial charge is 0.504 e. The number of hydrogen-bond donors (Lipinski definition) is 2. The molecule has 1 aromatic heterocycles. The second kappa shape index (κ2) is 3.20. The maximum Gasteiger partial charge on any atom is 0.333 e. The fourth-order valence-electron chi connectivity index (χ4n) is 1.40. The van der Waals surface area contributed by atoms with E-state index in [1.54, 1.807) is 0 Å². The van der Waals surface area contributed by atoms with Gasteiger partial charge in [0.1, 0.15) is 4.70 Å². The molecule has 0 saturated heterocycles. The first-order valence-electron chi connectivity index (χ1n) is 4.12. The van der Waals surface area contributed by atoms with Gasteiger partial charge in [0.2, 0.25) is 5.75 Å². The third-order valence-corrected chi connectivity index (χ3v) is 3.17. The molecular weight excluding hydrogens is 236 g/mol. The van der Waals surface area contributed by atoms with Gasteiger partial charge in [-0.15, -0.1) is 0 Å². The molecule has 2 N–H and O–H groups in total. The zero-order valence-corrected chi connectivity index (χ0v) is 8.82. The number of benzene rings is 1. The Balaban J connectivity index is 3.06. The zero-order valence-electron chi connectivity index (χ0n) is 8.00. The molecule has 0 atom stereocenters. The summed E-state index contributed by atoms with van der Waals surface area (Å²) in [6.45, 7) is 0. The van der Waals surface area contributed by atoms with Crippen molar-refractivity contribution in [3.63, 3.8) is 0 Å². The summed E-state index contributed by atoms with van der Waals surface area (Å²) >= 11 is 0.848. The Morgan fingerprint density at radius 3 is 2.69 bits per heavy atom. The van der Waals surface area contributed by atoms with Gasteiger partial charge in [-0.2, -0.15) is 0 Å². The first-order valence-corrected chi connectivity index (χ1v) is 4.90. The number of nitro groups is 1. The minimum atomic E-state index is -0.826. The van der Waals surface area contributed by atoms with Crippen LogP contribution in [-0.4, -0.2) is 19.1 Å². The number of nitrogens with zero attached hydrogens (tertiary/aromatic N) is 2. The number of phenolic OH excluding ortho intramolecular Hbond substituents is 2. The number of rotatable bonds is 1. The molecule has 0 aliphatic rings. The summed E-state index contributed by atoms with van der Waals surface area (Å²) in [5.41, 5.74) is -1.09. The van der Waals surface area contributed by atoms with Crippen molar-refractivity contribution in [3.8, 4) is 11.5 Å². The summed E-state index contributed by atoms with van der Waals surface area (Å²) in [6.07, 6.45) is 0. The first kappa shape index (κ1) is 10.4. The molecule has 0 fully saturated rings. The maximum atomic E-state index is 11.5. The predicted molar refractivity (Wildman–Crippen MR) is 57.1 cm³/mol. The van der Waals surface area contributed by atoms with Gasteiger partial charge in [0.05, 0.1) is 10.3 Å². The summed E-state index contributed by atoms with van der Waals surface area (Å²) in [4.78, 5) is 21.4. The molecule has 0 aliphatic heterocycles. The van der Waals surface area contributed by atoms with Crippen LogP contribution < -0.4 is 5.56 Å². The van der Waals surface area contributed by atoms with Crippen LogP contribution in [0.25, 0.3) is 10.1 Å². The number of hydrogen-bond acceptors (Lipinski definition) is 6. The molecular formula is C8H6N2O5S. The van der Waals surface area contributed by atoms with E-state index in [0.29, 0.717) is 0 Å². The third-order valence-electron chi connectivity index (χ3n) is 2.13. The van der Waals surface area contributed by atoms with Gasteiger partial charge >= 0.3 is 5.69 Å². The third kappa shape index (κ3) is 1.23. The van der Waals surface area contributed by atoms with Crippen LogP contribution in [0.15, 0.2) is 10.9 Å². The average Bonchev–Trinajstić information content (AvgIpc) is 2.45. The minimum absolute atomic E-state index is 0.0227. The molecule has 2 rings (SSSR count). The first-order chi connectivity index (χ1) is 7.43. The minimum Gasteiger partial charge on any atom is -0.504 e. The van der Waals surface area contributed by atoms with E-state index in [1.807, 2.05) is 0 Å². The SMILES string of the molecule is Cn1sc2c([N+](=O)[O-])c(O)c(O)cc2c1=O. The second-order valence-electron chi connectivity index (χ2n) is 3.12. The van der Waals surface area contributed by atoms with Gasteiger partial charge in [0.15, 0.2) is 5.75 Å². The Hall–Kier alpha value is -2.09. The smallest absolute Gasteiger partial charge is 0.333 e. The highest BCUT2D eigenvalue weighted by atomic mass is 32.1. The van der Waals surface area contributed by atoms with Gasteiger partial charge in [-0.05, 0) is 17.6 Å². The van der Waals surface area contributed by atoms with Gasteiger partial charge in [0.25, 0.3) is 5.56 Å². The van der Waals surface area contributed by atoms with E-state index < -0.39 is 27.7 Å². The molecule has 0 amide bonds. The molecule has 7 nitrogen and oxygen atoms in total. The molecule has 0 unspecified atom stereocenters. The van der Waals surface area contributed by atoms with Crippen LogP contribution in [0.4, 0.5) is 5.69 Å². The predicted octanol–water partition coefficient (Wildman–Crippen LogP) is 0.919.